The monoisotopic (exact) mass is 398 g/mol. The van der Waals surface area contributed by atoms with E-state index in [0.717, 1.165) is 29.9 Å². The Morgan fingerprint density at radius 1 is 1.11 bits per heavy atom. The van der Waals surface area contributed by atoms with Crippen molar-refractivity contribution in [2.45, 2.75) is 30.1 Å². The summed E-state index contributed by atoms with van der Waals surface area (Å²) >= 11 is 0. The second-order valence-electron chi connectivity index (χ2n) is 7.14. The Morgan fingerprint density at radius 3 is 2.61 bits per heavy atom. The molecule has 146 valence electrons. The topological polar surface area (TPSA) is 88.4 Å². The second-order valence-corrected chi connectivity index (χ2v) is 8.88. The van der Waals surface area contributed by atoms with Crippen molar-refractivity contribution in [3.63, 3.8) is 0 Å². The maximum Gasteiger partial charge on any atom is 0.241 e. The molecule has 0 spiro atoms. The average molecular weight is 398 g/mol. The Balaban J connectivity index is 1.46. The minimum Gasteiger partial charge on any atom is -0.486 e. The van der Waals surface area contributed by atoms with Gasteiger partial charge in [0.15, 0.2) is 11.5 Å². The van der Waals surface area contributed by atoms with Crippen LogP contribution in [-0.2, 0) is 10.0 Å². The Kier molecular flexibility index (Phi) is 5.25. The summed E-state index contributed by atoms with van der Waals surface area (Å²) in [6.45, 7) is 1.42. The SMILES string of the molecule is N#Cc1ccccc1S(=O)(=O)NCCC(c1ccc2c(c1)OCCO2)C1CC1. The molecule has 0 radical (unpaired) electrons. The largest absolute Gasteiger partial charge is 0.486 e. The summed E-state index contributed by atoms with van der Waals surface area (Å²) in [5.74, 6) is 2.36. The van der Waals surface area contributed by atoms with Crippen molar-refractivity contribution in [2.75, 3.05) is 19.8 Å². The zero-order valence-corrected chi connectivity index (χ0v) is 16.2. The van der Waals surface area contributed by atoms with E-state index in [4.69, 9.17) is 14.7 Å². The van der Waals surface area contributed by atoms with Gasteiger partial charge in [0.2, 0.25) is 10.0 Å². The van der Waals surface area contributed by atoms with Gasteiger partial charge >= 0.3 is 0 Å². The third-order valence-electron chi connectivity index (χ3n) is 5.23. The van der Waals surface area contributed by atoms with Crippen LogP contribution in [0.5, 0.6) is 11.5 Å². The van der Waals surface area contributed by atoms with Crippen LogP contribution >= 0.6 is 0 Å². The number of fused-ring (bicyclic) bond motifs is 1. The number of hydrogen-bond donors (Lipinski definition) is 1. The van der Waals surface area contributed by atoms with Crippen LogP contribution in [0, 0.1) is 17.2 Å². The molecule has 1 unspecified atom stereocenters. The summed E-state index contributed by atoms with van der Waals surface area (Å²) in [4.78, 5) is 0.0276. The average Bonchev–Trinajstić information content (AvgIpc) is 3.56. The quantitative estimate of drug-likeness (QED) is 0.774. The van der Waals surface area contributed by atoms with Gasteiger partial charge in [-0.1, -0.05) is 18.2 Å². The molecule has 0 saturated heterocycles. The van der Waals surface area contributed by atoms with Gasteiger partial charge in [0.25, 0.3) is 0 Å². The smallest absolute Gasteiger partial charge is 0.241 e. The summed E-state index contributed by atoms with van der Waals surface area (Å²) in [6, 6.07) is 14.2. The first kappa shape index (κ1) is 18.8. The summed E-state index contributed by atoms with van der Waals surface area (Å²) in [7, 11) is -3.72. The molecule has 0 amide bonds. The second kappa shape index (κ2) is 7.82. The molecule has 1 aliphatic heterocycles. The van der Waals surface area contributed by atoms with Crippen LogP contribution in [0.4, 0.5) is 0 Å². The first-order valence-corrected chi connectivity index (χ1v) is 10.9. The van der Waals surface area contributed by atoms with Crippen LogP contribution in [0.2, 0.25) is 0 Å². The van der Waals surface area contributed by atoms with Crippen LogP contribution in [0.25, 0.3) is 0 Å². The van der Waals surface area contributed by atoms with Crippen molar-refractivity contribution in [2.24, 2.45) is 5.92 Å². The Morgan fingerprint density at radius 2 is 1.86 bits per heavy atom. The number of benzene rings is 2. The van der Waals surface area contributed by atoms with Crippen LogP contribution in [0.3, 0.4) is 0 Å². The van der Waals surface area contributed by atoms with Gasteiger partial charge in [-0.2, -0.15) is 5.26 Å². The molecule has 1 fully saturated rings. The Bertz CT molecular complexity index is 1010. The zero-order chi connectivity index (χ0) is 19.6. The third-order valence-corrected chi connectivity index (χ3v) is 6.75. The molecule has 1 atom stereocenters. The normalized spacial score (nSPS) is 17.0. The van der Waals surface area contributed by atoms with Crippen molar-refractivity contribution >= 4 is 10.0 Å². The highest BCUT2D eigenvalue weighted by atomic mass is 32.2. The molecule has 2 aromatic carbocycles. The standard InChI is InChI=1S/C21H22N2O4S/c22-14-17-3-1-2-4-21(17)28(24,25)23-10-9-18(15-5-6-15)16-7-8-19-20(13-16)27-12-11-26-19/h1-4,7-8,13,15,18,23H,5-6,9-12H2. The fourth-order valence-corrected chi connectivity index (χ4v) is 4.89. The van der Waals surface area contributed by atoms with Crippen LogP contribution in [-0.4, -0.2) is 28.2 Å². The van der Waals surface area contributed by atoms with E-state index in [1.54, 1.807) is 12.1 Å². The predicted octanol–water partition coefficient (Wildman–Crippen LogP) is 3.19. The highest BCUT2D eigenvalue weighted by molar-refractivity contribution is 7.89. The van der Waals surface area contributed by atoms with E-state index in [-0.39, 0.29) is 16.4 Å². The van der Waals surface area contributed by atoms with E-state index in [2.05, 4.69) is 10.8 Å². The lowest BCUT2D eigenvalue weighted by Crippen LogP contribution is -2.27. The van der Waals surface area contributed by atoms with Crippen LogP contribution < -0.4 is 14.2 Å². The van der Waals surface area contributed by atoms with Gasteiger partial charge in [-0.15, -0.1) is 0 Å². The van der Waals surface area contributed by atoms with Crippen molar-refractivity contribution < 1.29 is 17.9 Å². The minimum absolute atomic E-state index is 0.0276. The Hall–Kier alpha value is -2.56. The first-order valence-electron chi connectivity index (χ1n) is 9.47. The fourth-order valence-electron chi connectivity index (χ4n) is 3.68. The summed E-state index contributed by atoms with van der Waals surface area (Å²) in [5.41, 5.74) is 1.31. The molecule has 1 N–H and O–H groups in total. The lowest BCUT2D eigenvalue weighted by molar-refractivity contribution is 0.171. The summed E-state index contributed by atoms with van der Waals surface area (Å²) in [5, 5.41) is 9.16. The van der Waals surface area contributed by atoms with E-state index in [0.29, 0.717) is 32.1 Å². The molecule has 6 nitrogen and oxygen atoms in total. The van der Waals surface area contributed by atoms with E-state index < -0.39 is 10.0 Å². The number of ether oxygens (including phenoxy) is 2. The van der Waals surface area contributed by atoms with Gasteiger partial charge in [0.1, 0.15) is 19.3 Å². The molecule has 28 heavy (non-hydrogen) atoms. The van der Waals surface area contributed by atoms with E-state index >= 15 is 0 Å². The molecule has 1 saturated carbocycles. The van der Waals surface area contributed by atoms with Crippen molar-refractivity contribution in [3.8, 4) is 17.6 Å². The van der Waals surface area contributed by atoms with Gasteiger partial charge in [-0.05, 0) is 60.9 Å². The molecule has 0 aromatic heterocycles. The van der Waals surface area contributed by atoms with Gasteiger partial charge in [0.05, 0.1) is 10.5 Å². The maximum absolute atomic E-state index is 12.6. The number of rotatable bonds is 7. The van der Waals surface area contributed by atoms with Crippen molar-refractivity contribution in [3.05, 3.63) is 53.6 Å². The lowest BCUT2D eigenvalue weighted by atomic mass is 9.91. The maximum atomic E-state index is 12.6. The molecule has 0 bridgehead atoms. The van der Waals surface area contributed by atoms with E-state index in [1.165, 1.54) is 12.1 Å². The Labute approximate surface area is 165 Å². The molecule has 1 aliphatic carbocycles. The molecule has 1 heterocycles. The molecule has 2 aliphatic rings. The lowest BCUT2D eigenvalue weighted by Gasteiger charge is -2.22. The number of nitrogens with zero attached hydrogens (tertiary/aromatic N) is 1. The van der Waals surface area contributed by atoms with Gasteiger partial charge in [0, 0.05) is 6.54 Å². The van der Waals surface area contributed by atoms with Gasteiger partial charge in [-0.3, -0.25) is 0 Å². The highest BCUT2D eigenvalue weighted by Gasteiger charge is 2.33. The minimum atomic E-state index is -3.72. The van der Waals surface area contributed by atoms with Crippen molar-refractivity contribution in [1.29, 1.82) is 5.26 Å². The molecular weight excluding hydrogens is 376 g/mol. The summed E-state index contributed by atoms with van der Waals surface area (Å²) < 4.78 is 39.2. The number of nitriles is 1. The predicted molar refractivity (Wildman–Crippen MR) is 104 cm³/mol. The molecule has 4 rings (SSSR count). The number of sulfonamides is 1. The number of hydrogen-bond acceptors (Lipinski definition) is 5. The third kappa shape index (κ3) is 3.98. The number of nitrogens with one attached hydrogen (secondary N) is 1. The molecular formula is C21H22N2O4S. The summed E-state index contributed by atoms with van der Waals surface area (Å²) in [6.07, 6.45) is 3.00. The van der Waals surface area contributed by atoms with Crippen LogP contribution in [0.1, 0.15) is 36.3 Å². The van der Waals surface area contributed by atoms with Crippen LogP contribution in [0.15, 0.2) is 47.4 Å². The van der Waals surface area contributed by atoms with E-state index in [1.807, 2.05) is 18.2 Å². The zero-order valence-electron chi connectivity index (χ0n) is 15.4. The van der Waals surface area contributed by atoms with E-state index in [9.17, 15) is 8.42 Å². The molecule has 7 heteroatoms. The van der Waals surface area contributed by atoms with Gasteiger partial charge in [-0.25, -0.2) is 13.1 Å². The molecule has 2 aromatic rings. The fraction of sp³-hybridized carbons (Fsp3) is 0.381. The van der Waals surface area contributed by atoms with Crippen molar-refractivity contribution in [1.82, 2.24) is 4.72 Å². The van der Waals surface area contributed by atoms with Gasteiger partial charge < -0.3 is 9.47 Å². The highest BCUT2D eigenvalue weighted by Crippen LogP contribution is 2.46. The first-order chi connectivity index (χ1) is 13.6.